The molecule has 0 amide bonds. The fraction of sp³-hybridized carbons (Fsp3) is 0.214. The lowest BCUT2D eigenvalue weighted by Crippen LogP contribution is -1.89. The van der Waals surface area contributed by atoms with Gasteiger partial charge in [-0.15, -0.1) is 0 Å². The zero-order chi connectivity index (χ0) is 11.0. The quantitative estimate of drug-likeness (QED) is 0.740. The highest BCUT2D eigenvalue weighted by atomic mass is 19.1. The summed E-state index contributed by atoms with van der Waals surface area (Å²) in [4.78, 5) is 4.16. The third kappa shape index (κ3) is 1.71. The van der Waals surface area contributed by atoms with Gasteiger partial charge in [0, 0.05) is 11.8 Å². The number of hydrogen-bond acceptors (Lipinski definition) is 1. The maximum Gasteiger partial charge on any atom is 0.132 e. The first-order valence-electron chi connectivity index (χ1n) is 5.55. The normalized spacial score (nSPS) is 15.1. The average Bonchev–Trinajstić information content (AvgIpc) is 3.14. The first-order valence-corrected chi connectivity index (χ1v) is 5.55. The zero-order valence-electron chi connectivity index (χ0n) is 8.86. The molecule has 1 aromatic heterocycles. The van der Waals surface area contributed by atoms with E-state index < -0.39 is 0 Å². The first kappa shape index (κ1) is 9.52. The van der Waals surface area contributed by atoms with Crippen molar-refractivity contribution in [3.63, 3.8) is 0 Å². The molecule has 1 aliphatic rings. The monoisotopic (exact) mass is 213 g/mol. The van der Waals surface area contributed by atoms with E-state index in [4.69, 9.17) is 0 Å². The maximum absolute atomic E-state index is 13.9. The molecule has 1 heterocycles. The predicted octanol–water partition coefficient (Wildman–Crippen LogP) is 3.77. The first-order chi connectivity index (χ1) is 7.84. The van der Waals surface area contributed by atoms with E-state index >= 15 is 0 Å². The Bertz CT molecular complexity index is 503. The van der Waals surface area contributed by atoms with Crippen LogP contribution in [0.5, 0.6) is 0 Å². The van der Waals surface area contributed by atoms with E-state index in [0.29, 0.717) is 17.2 Å². The highest BCUT2D eigenvalue weighted by Gasteiger charge is 2.24. The Morgan fingerprint density at radius 3 is 2.62 bits per heavy atom. The largest absolute Gasteiger partial charge is 0.256 e. The molecule has 0 atom stereocenters. The molecular formula is C14H12FN. The van der Waals surface area contributed by atoms with E-state index in [9.17, 15) is 4.39 Å². The van der Waals surface area contributed by atoms with Crippen molar-refractivity contribution in [3.05, 3.63) is 54.0 Å². The fourth-order valence-electron chi connectivity index (χ4n) is 1.93. The summed E-state index contributed by atoms with van der Waals surface area (Å²) >= 11 is 0. The van der Waals surface area contributed by atoms with E-state index in [2.05, 4.69) is 4.98 Å². The highest BCUT2D eigenvalue weighted by Crippen LogP contribution is 2.40. The van der Waals surface area contributed by atoms with Crippen molar-refractivity contribution in [2.24, 2.45) is 0 Å². The van der Waals surface area contributed by atoms with Gasteiger partial charge < -0.3 is 0 Å². The van der Waals surface area contributed by atoms with E-state index in [1.54, 1.807) is 12.3 Å². The molecule has 2 heteroatoms. The number of halogens is 1. The third-order valence-electron chi connectivity index (χ3n) is 2.98. The van der Waals surface area contributed by atoms with Crippen molar-refractivity contribution in [2.45, 2.75) is 18.8 Å². The van der Waals surface area contributed by atoms with Gasteiger partial charge in [-0.2, -0.15) is 0 Å². The molecule has 1 saturated carbocycles. The van der Waals surface area contributed by atoms with Gasteiger partial charge in [-0.3, -0.25) is 4.98 Å². The number of pyridine rings is 1. The second-order valence-corrected chi connectivity index (χ2v) is 4.23. The van der Waals surface area contributed by atoms with Crippen LogP contribution in [0.1, 0.15) is 24.3 Å². The lowest BCUT2D eigenvalue weighted by atomic mass is 10.0. The summed E-state index contributed by atoms with van der Waals surface area (Å²) in [7, 11) is 0. The maximum atomic E-state index is 13.9. The SMILES string of the molecule is Fc1cc(C2CC2)ccc1-c1ccccn1. The summed E-state index contributed by atoms with van der Waals surface area (Å²) in [6, 6.07) is 11.0. The van der Waals surface area contributed by atoms with Crippen molar-refractivity contribution in [1.82, 2.24) is 4.98 Å². The van der Waals surface area contributed by atoms with Crippen LogP contribution < -0.4 is 0 Å². The Kier molecular flexibility index (Phi) is 2.21. The lowest BCUT2D eigenvalue weighted by Gasteiger charge is -2.04. The van der Waals surface area contributed by atoms with Crippen LogP contribution in [-0.4, -0.2) is 4.98 Å². The molecule has 1 nitrogen and oxygen atoms in total. The van der Waals surface area contributed by atoms with Crippen LogP contribution in [0, 0.1) is 5.82 Å². The smallest absolute Gasteiger partial charge is 0.132 e. The predicted molar refractivity (Wildman–Crippen MR) is 61.6 cm³/mol. The van der Waals surface area contributed by atoms with Crippen LogP contribution in [-0.2, 0) is 0 Å². The summed E-state index contributed by atoms with van der Waals surface area (Å²) in [5.74, 6) is 0.426. The molecule has 3 rings (SSSR count). The number of benzene rings is 1. The molecule has 1 fully saturated rings. The van der Waals surface area contributed by atoms with Gasteiger partial charge in [-0.1, -0.05) is 12.1 Å². The Balaban J connectivity index is 2.02. The number of hydrogen-bond donors (Lipinski definition) is 0. The Labute approximate surface area is 94.0 Å². The van der Waals surface area contributed by atoms with E-state index in [1.807, 2.05) is 30.3 Å². The fourth-order valence-corrected chi connectivity index (χ4v) is 1.93. The molecule has 16 heavy (non-hydrogen) atoms. The van der Waals surface area contributed by atoms with Crippen molar-refractivity contribution < 1.29 is 4.39 Å². The molecular weight excluding hydrogens is 201 g/mol. The zero-order valence-corrected chi connectivity index (χ0v) is 8.86. The van der Waals surface area contributed by atoms with Crippen LogP contribution in [0.2, 0.25) is 0 Å². The summed E-state index contributed by atoms with van der Waals surface area (Å²) in [6.45, 7) is 0. The minimum atomic E-state index is -0.164. The Hall–Kier alpha value is -1.70. The van der Waals surface area contributed by atoms with Crippen LogP contribution in [0.15, 0.2) is 42.6 Å². The third-order valence-corrected chi connectivity index (χ3v) is 2.98. The van der Waals surface area contributed by atoms with Crippen LogP contribution in [0.3, 0.4) is 0 Å². The highest BCUT2D eigenvalue weighted by molar-refractivity contribution is 5.60. The minimum absolute atomic E-state index is 0.164. The van der Waals surface area contributed by atoms with Gasteiger partial charge in [0.2, 0.25) is 0 Å². The molecule has 0 unspecified atom stereocenters. The van der Waals surface area contributed by atoms with Crippen molar-refractivity contribution >= 4 is 0 Å². The molecule has 0 aliphatic heterocycles. The van der Waals surface area contributed by atoms with Gasteiger partial charge in [0.1, 0.15) is 5.82 Å². The topological polar surface area (TPSA) is 12.9 Å². The molecule has 0 spiro atoms. The average molecular weight is 213 g/mol. The van der Waals surface area contributed by atoms with Crippen LogP contribution in [0.4, 0.5) is 4.39 Å². The van der Waals surface area contributed by atoms with Crippen LogP contribution >= 0.6 is 0 Å². The van der Waals surface area contributed by atoms with Gasteiger partial charge in [-0.25, -0.2) is 4.39 Å². The molecule has 80 valence electrons. The minimum Gasteiger partial charge on any atom is -0.256 e. The molecule has 0 N–H and O–H groups in total. The molecule has 1 aliphatic carbocycles. The van der Waals surface area contributed by atoms with Crippen LogP contribution in [0.25, 0.3) is 11.3 Å². The number of aromatic nitrogens is 1. The van der Waals surface area contributed by atoms with E-state index in [1.165, 1.54) is 12.8 Å². The summed E-state index contributed by atoms with van der Waals surface area (Å²) in [5, 5.41) is 0. The number of nitrogens with zero attached hydrogens (tertiary/aromatic N) is 1. The van der Waals surface area contributed by atoms with Gasteiger partial charge in [-0.05, 0) is 48.6 Å². The number of rotatable bonds is 2. The van der Waals surface area contributed by atoms with Gasteiger partial charge in [0.05, 0.1) is 5.69 Å². The Morgan fingerprint density at radius 2 is 2.00 bits per heavy atom. The van der Waals surface area contributed by atoms with E-state index in [-0.39, 0.29) is 5.82 Å². The van der Waals surface area contributed by atoms with E-state index in [0.717, 1.165) is 5.56 Å². The van der Waals surface area contributed by atoms with Crippen molar-refractivity contribution in [3.8, 4) is 11.3 Å². The lowest BCUT2D eigenvalue weighted by molar-refractivity contribution is 0.628. The molecule has 1 aromatic carbocycles. The molecule has 0 radical (unpaired) electrons. The standard InChI is InChI=1S/C14H12FN/c15-13-9-11(10-4-5-10)6-7-12(13)14-3-1-2-8-16-14/h1-3,6-10H,4-5H2. The summed E-state index contributed by atoms with van der Waals surface area (Å²) in [6.07, 6.45) is 4.08. The summed E-state index contributed by atoms with van der Waals surface area (Å²) in [5.41, 5.74) is 2.41. The summed E-state index contributed by atoms with van der Waals surface area (Å²) < 4.78 is 13.9. The molecule has 0 saturated heterocycles. The second-order valence-electron chi connectivity index (χ2n) is 4.23. The van der Waals surface area contributed by atoms with Crippen molar-refractivity contribution in [2.75, 3.05) is 0 Å². The van der Waals surface area contributed by atoms with Gasteiger partial charge in [0.25, 0.3) is 0 Å². The van der Waals surface area contributed by atoms with Gasteiger partial charge in [0.15, 0.2) is 0 Å². The Morgan fingerprint density at radius 1 is 1.12 bits per heavy atom. The molecule has 0 bridgehead atoms. The van der Waals surface area contributed by atoms with Gasteiger partial charge >= 0.3 is 0 Å². The second kappa shape index (κ2) is 3.71. The molecule has 2 aromatic rings. The van der Waals surface area contributed by atoms with Crippen molar-refractivity contribution in [1.29, 1.82) is 0 Å².